The van der Waals surface area contributed by atoms with Crippen LogP contribution in [-0.4, -0.2) is 64.2 Å². The normalized spacial score (nSPS) is 32.4. The highest BCUT2D eigenvalue weighted by molar-refractivity contribution is 5.99. The fraction of sp³-hybridized carbons (Fsp3) is 0.700. The van der Waals surface area contributed by atoms with Crippen LogP contribution in [0.15, 0.2) is 30.3 Å². The van der Waals surface area contributed by atoms with Gasteiger partial charge in [0.15, 0.2) is 0 Å². The Labute approximate surface area is 225 Å². The maximum atomic E-state index is 14.1. The van der Waals surface area contributed by atoms with Crippen molar-refractivity contribution in [3.8, 4) is 0 Å². The zero-order chi connectivity index (χ0) is 26.8. The third-order valence-electron chi connectivity index (χ3n) is 9.53. The van der Waals surface area contributed by atoms with Crippen molar-refractivity contribution >= 4 is 17.7 Å². The minimum atomic E-state index is -0.975. The summed E-state index contributed by atoms with van der Waals surface area (Å²) >= 11 is 0. The molecule has 0 radical (unpaired) electrons. The van der Waals surface area contributed by atoms with Crippen LogP contribution < -0.4 is 10.6 Å². The van der Waals surface area contributed by atoms with Crippen molar-refractivity contribution in [2.24, 2.45) is 11.8 Å². The van der Waals surface area contributed by atoms with Gasteiger partial charge in [-0.05, 0) is 56.9 Å². The van der Waals surface area contributed by atoms with Gasteiger partial charge >= 0.3 is 0 Å². The number of fused-ring (bicyclic) bond motifs is 1. The van der Waals surface area contributed by atoms with E-state index in [2.05, 4.69) is 10.6 Å². The topological polar surface area (TPSA) is 108 Å². The van der Waals surface area contributed by atoms with E-state index < -0.39 is 29.1 Å². The third-order valence-corrected chi connectivity index (χ3v) is 9.53. The summed E-state index contributed by atoms with van der Waals surface area (Å²) in [5, 5.41) is 15.6. The van der Waals surface area contributed by atoms with Crippen LogP contribution in [0.5, 0.6) is 0 Å². The molecular weight excluding hydrogens is 482 g/mol. The van der Waals surface area contributed by atoms with Crippen LogP contribution in [0.3, 0.4) is 0 Å². The van der Waals surface area contributed by atoms with Gasteiger partial charge in [0.2, 0.25) is 17.7 Å². The van der Waals surface area contributed by atoms with E-state index in [0.717, 1.165) is 37.7 Å². The molecule has 38 heavy (non-hydrogen) atoms. The fourth-order valence-electron chi connectivity index (χ4n) is 7.65. The van der Waals surface area contributed by atoms with Gasteiger partial charge in [-0.3, -0.25) is 14.4 Å². The predicted octanol–water partition coefficient (Wildman–Crippen LogP) is 3.07. The summed E-state index contributed by atoms with van der Waals surface area (Å²) in [6.45, 7) is 2.95. The van der Waals surface area contributed by atoms with Crippen molar-refractivity contribution in [3.63, 3.8) is 0 Å². The first kappa shape index (κ1) is 27.1. The molecule has 3 aliphatic heterocycles. The van der Waals surface area contributed by atoms with Crippen molar-refractivity contribution in [2.45, 2.75) is 107 Å². The molecule has 3 heterocycles. The van der Waals surface area contributed by atoms with Crippen molar-refractivity contribution in [1.29, 1.82) is 0 Å². The number of hydrogen-bond donors (Lipinski definition) is 3. The molecular formula is C30H43N3O5. The lowest BCUT2D eigenvalue weighted by Crippen LogP contribution is -2.57. The van der Waals surface area contributed by atoms with Gasteiger partial charge in [0.05, 0.1) is 17.4 Å². The average Bonchev–Trinajstić information content (AvgIpc) is 3.54. The predicted molar refractivity (Wildman–Crippen MR) is 143 cm³/mol. The first-order chi connectivity index (χ1) is 18.5. The van der Waals surface area contributed by atoms with E-state index in [1.807, 2.05) is 37.3 Å². The lowest BCUT2D eigenvalue weighted by molar-refractivity contribution is -0.148. The Kier molecular flexibility index (Phi) is 8.10. The maximum absolute atomic E-state index is 14.1. The number of unbranched alkanes of at least 4 members (excludes halogenated alkanes) is 2. The van der Waals surface area contributed by atoms with E-state index in [0.29, 0.717) is 45.2 Å². The molecule has 3 amide bonds. The van der Waals surface area contributed by atoms with E-state index in [4.69, 9.17) is 4.74 Å². The Morgan fingerprint density at radius 1 is 1.05 bits per heavy atom. The monoisotopic (exact) mass is 525 g/mol. The SMILES string of the molecule is CC[C@@]12CCC3(O1)C(C(=O)NC1CCCCC1)N(CCCCCO)C(=O)[C@@H]3[C@@H]2C(=O)NCc1ccccc1. The molecule has 1 aromatic carbocycles. The van der Waals surface area contributed by atoms with Crippen LogP contribution in [0.25, 0.3) is 0 Å². The highest BCUT2D eigenvalue weighted by Crippen LogP contribution is 2.64. The van der Waals surface area contributed by atoms with Crippen molar-refractivity contribution in [3.05, 3.63) is 35.9 Å². The first-order valence-corrected chi connectivity index (χ1v) is 14.7. The highest BCUT2D eigenvalue weighted by Gasteiger charge is 2.78. The van der Waals surface area contributed by atoms with Gasteiger partial charge in [-0.2, -0.15) is 0 Å². The third kappa shape index (κ3) is 4.75. The average molecular weight is 526 g/mol. The van der Waals surface area contributed by atoms with Gasteiger partial charge in [-0.25, -0.2) is 0 Å². The Morgan fingerprint density at radius 2 is 1.82 bits per heavy atom. The van der Waals surface area contributed by atoms with Gasteiger partial charge in [0, 0.05) is 25.7 Å². The van der Waals surface area contributed by atoms with Gasteiger partial charge < -0.3 is 25.4 Å². The molecule has 4 fully saturated rings. The van der Waals surface area contributed by atoms with Gasteiger partial charge in [-0.15, -0.1) is 0 Å². The van der Waals surface area contributed by atoms with Crippen LogP contribution >= 0.6 is 0 Å². The molecule has 4 aliphatic rings. The molecule has 1 aliphatic carbocycles. The number of likely N-dealkylation sites (tertiary alicyclic amines) is 1. The number of nitrogens with one attached hydrogen (secondary N) is 2. The second-order valence-electron chi connectivity index (χ2n) is 11.7. The van der Waals surface area contributed by atoms with Crippen LogP contribution in [0.2, 0.25) is 0 Å². The van der Waals surface area contributed by atoms with E-state index in [1.165, 1.54) is 6.42 Å². The largest absolute Gasteiger partial charge is 0.396 e. The molecule has 5 rings (SSSR count). The van der Waals surface area contributed by atoms with E-state index >= 15 is 0 Å². The van der Waals surface area contributed by atoms with Crippen LogP contribution in [0, 0.1) is 11.8 Å². The first-order valence-electron chi connectivity index (χ1n) is 14.7. The molecule has 2 bridgehead atoms. The Balaban J connectivity index is 1.42. The summed E-state index contributed by atoms with van der Waals surface area (Å²) in [6, 6.07) is 9.16. The van der Waals surface area contributed by atoms with Crippen LogP contribution in [-0.2, 0) is 25.7 Å². The van der Waals surface area contributed by atoms with E-state index in [1.54, 1.807) is 4.90 Å². The molecule has 5 atom stereocenters. The van der Waals surface area contributed by atoms with E-state index in [-0.39, 0.29) is 30.4 Å². The number of carbonyl (C=O) groups is 3. The summed E-state index contributed by atoms with van der Waals surface area (Å²) in [5.74, 6) is -1.71. The zero-order valence-corrected chi connectivity index (χ0v) is 22.6. The summed E-state index contributed by atoms with van der Waals surface area (Å²) in [6.07, 6.45) is 9.36. The molecule has 8 nitrogen and oxygen atoms in total. The number of rotatable bonds is 11. The van der Waals surface area contributed by atoms with Crippen molar-refractivity contribution in [1.82, 2.24) is 15.5 Å². The molecule has 1 spiro atoms. The second-order valence-corrected chi connectivity index (χ2v) is 11.7. The standard InChI is InChI=1S/C30H43N3O5/c1-2-29-16-17-30(38-29)24(23(29)26(35)31-20-21-12-6-3-7-13-21)28(37)33(18-10-5-11-19-34)25(30)27(36)32-22-14-8-4-9-15-22/h3,6-7,12-13,22-25,34H,2,4-5,8-11,14-20H2,1H3,(H,31,35)(H,32,36)/t23-,24+,25?,29+,30?/m1/s1. The summed E-state index contributed by atoms with van der Waals surface area (Å²) in [7, 11) is 0. The van der Waals surface area contributed by atoms with Crippen LogP contribution in [0.1, 0.15) is 83.1 Å². The van der Waals surface area contributed by atoms with Crippen molar-refractivity contribution < 1.29 is 24.2 Å². The van der Waals surface area contributed by atoms with Gasteiger partial charge in [-0.1, -0.05) is 56.5 Å². The number of aliphatic hydroxyl groups is 1. The number of aliphatic hydroxyl groups excluding tert-OH is 1. The summed E-state index contributed by atoms with van der Waals surface area (Å²) in [5.41, 5.74) is -0.705. The van der Waals surface area contributed by atoms with Gasteiger partial charge in [0.25, 0.3) is 0 Å². The molecule has 3 N–H and O–H groups in total. The minimum absolute atomic E-state index is 0.109. The molecule has 3 saturated heterocycles. The maximum Gasteiger partial charge on any atom is 0.246 e. The van der Waals surface area contributed by atoms with Crippen molar-refractivity contribution in [2.75, 3.05) is 13.2 Å². The number of carbonyl (C=O) groups excluding carboxylic acids is 3. The highest BCUT2D eigenvalue weighted by atomic mass is 16.5. The molecule has 2 unspecified atom stereocenters. The molecule has 1 saturated carbocycles. The van der Waals surface area contributed by atoms with Crippen LogP contribution in [0.4, 0.5) is 0 Å². The number of amides is 3. The number of hydrogen-bond acceptors (Lipinski definition) is 5. The number of nitrogens with zero attached hydrogens (tertiary/aromatic N) is 1. The molecule has 0 aromatic heterocycles. The number of benzene rings is 1. The van der Waals surface area contributed by atoms with E-state index in [9.17, 15) is 19.5 Å². The second kappa shape index (κ2) is 11.3. The Bertz CT molecular complexity index is 1010. The lowest BCUT2D eigenvalue weighted by atomic mass is 9.65. The minimum Gasteiger partial charge on any atom is -0.396 e. The quantitative estimate of drug-likeness (QED) is 0.385. The zero-order valence-electron chi connectivity index (χ0n) is 22.6. The van der Waals surface area contributed by atoms with Gasteiger partial charge in [0.1, 0.15) is 11.6 Å². The summed E-state index contributed by atoms with van der Waals surface area (Å²) in [4.78, 5) is 43.5. The summed E-state index contributed by atoms with van der Waals surface area (Å²) < 4.78 is 6.83. The molecule has 208 valence electrons. The Hall–Kier alpha value is -2.45. The Morgan fingerprint density at radius 3 is 2.53 bits per heavy atom. The number of ether oxygens (including phenoxy) is 1. The lowest BCUT2D eigenvalue weighted by Gasteiger charge is -2.35. The molecule has 8 heteroatoms. The fourth-order valence-corrected chi connectivity index (χ4v) is 7.65. The smallest absolute Gasteiger partial charge is 0.246 e. The molecule has 1 aromatic rings.